The standard InChI is InChI=1S/C28H22F3N5O4/c1-39-20-10-8-19(18-9-11-22(28(29,30)31)35-24(18)20)27-36-25(21(13-32)40-27)26(38)33-14-23(37)34-17-7-6-15-4-2-3-5-16(15)12-17/h2-12H,13-14,32H2,1H3,(H,33,38)(H,34,37). The Morgan fingerprint density at radius 1 is 1.00 bits per heavy atom. The van der Waals surface area contributed by atoms with E-state index >= 15 is 0 Å². The number of alkyl halides is 3. The summed E-state index contributed by atoms with van der Waals surface area (Å²) in [4.78, 5) is 33.3. The van der Waals surface area contributed by atoms with Crippen LogP contribution < -0.4 is 21.1 Å². The first kappa shape index (κ1) is 26.6. The van der Waals surface area contributed by atoms with Crippen molar-refractivity contribution >= 4 is 39.2 Å². The van der Waals surface area contributed by atoms with Crippen molar-refractivity contribution in [1.82, 2.24) is 15.3 Å². The third-order valence-corrected chi connectivity index (χ3v) is 6.10. The Bertz CT molecular complexity index is 1750. The van der Waals surface area contributed by atoms with E-state index in [9.17, 15) is 22.8 Å². The number of methoxy groups -OCH3 is 1. The van der Waals surface area contributed by atoms with Crippen molar-refractivity contribution in [3.63, 3.8) is 0 Å². The number of pyridine rings is 1. The van der Waals surface area contributed by atoms with Crippen molar-refractivity contribution in [3.05, 3.63) is 83.9 Å². The second-order valence-corrected chi connectivity index (χ2v) is 8.69. The Morgan fingerprint density at radius 3 is 2.50 bits per heavy atom. The first-order chi connectivity index (χ1) is 19.2. The highest BCUT2D eigenvalue weighted by molar-refractivity contribution is 6.01. The zero-order valence-corrected chi connectivity index (χ0v) is 21.0. The van der Waals surface area contributed by atoms with Gasteiger partial charge in [-0.15, -0.1) is 0 Å². The van der Waals surface area contributed by atoms with Gasteiger partial charge in [-0.2, -0.15) is 13.2 Å². The number of ether oxygens (including phenoxy) is 1. The predicted molar refractivity (Wildman–Crippen MR) is 142 cm³/mol. The largest absolute Gasteiger partial charge is 0.494 e. The summed E-state index contributed by atoms with van der Waals surface area (Å²) in [6, 6.07) is 18.1. The fraction of sp³-hybridized carbons (Fsp3) is 0.143. The van der Waals surface area contributed by atoms with E-state index in [1.165, 1.54) is 25.3 Å². The first-order valence-corrected chi connectivity index (χ1v) is 12.0. The van der Waals surface area contributed by atoms with Crippen LogP contribution in [-0.4, -0.2) is 35.4 Å². The van der Waals surface area contributed by atoms with Crippen LogP contribution in [0.1, 0.15) is 21.9 Å². The van der Waals surface area contributed by atoms with Gasteiger partial charge in [-0.1, -0.05) is 30.3 Å². The number of carbonyl (C=O) groups is 2. The van der Waals surface area contributed by atoms with Gasteiger partial charge < -0.3 is 25.5 Å². The number of aromatic nitrogens is 2. The number of nitrogens with zero attached hydrogens (tertiary/aromatic N) is 2. The molecular weight excluding hydrogens is 527 g/mol. The molecule has 0 radical (unpaired) electrons. The number of benzene rings is 3. The van der Waals surface area contributed by atoms with E-state index in [1.807, 2.05) is 36.4 Å². The van der Waals surface area contributed by atoms with Gasteiger partial charge in [0, 0.05) is 16.6 Å². The Hall–Kier alpha value is -4.97. The minimum Gasteiger partial charge on any atom is -0.494 e. The van der Waals surface area contributed by atoms with E-state index in [-0.39, 0.29) is 52.7 Å². The summed E-state index contributed by atoms with van der Waals surface area (Å²) in [7, 11) is 1.31. The van der Waals surface area contributed by atoms with Crippen LogP contribution in [0.2, 0.25) is 0 Å². The van der Waals surface area contributed by atoms with Crippen LogP contribution in [0, 0.1) is 0 Å². The van der Waals surface area contributed by atoms with Crippen molar-refractivity contribution < 1.29 is 31.9 Å². The number of hydrogen-bond donors (Lipinski definition) is 3. The molecule has 2 amide bonds. The molecule has 0 atom stereocenters. The van der Waals surface area contributed by atoms with Crippen LogP contribution >= 0.6 is 0 Å². The van der Waals surface area contributed by atoms with Gasteiger partial charge in [0.1, 0.15) is 17.0 Å². The summed E-state index contributed by atoms with van der Waals surface area (Å²) in [5.74, 6) is -1.08. The molecule has 204 valence electrons. The van der Waals surface area contributed by atoms with Crippen molar-refractivity contribution in [2.24, 2.45) is 5.73 Å². The molecule has 0 aliphatic carbocycles. The summed E-state index contributed by atoms with van der Waals surface area (Å²) in [5, 5.41) is 7.44. The van der Waals surface area contributed by atoms with Crippen LogP contribution in [0.15, 0.2) is 71.1 Å². The number of fused-ring (bicyclic) bond motifs is 2. The predicted octanol–water partition coefficient (Wildman–Crippen LogP) is 4.90. The minimum absolute atomic E-state index is 0.0336. The summed E-state index contributed by atoms with van der Waals surface area (Å²) < 4.78 is 50.7. The lowest BCUT2D eigenvalue weighted by molar-refractivity contribution is -0.141. The molecule has 0 aliphatic heterocycles. The van der Waals surface area contributed by atoms with Gasteiger partial charge in [-0.05, 0) is 47.2 Å². The second-order valence-electron chi connectivity index (χ2n) is 8.69. The van der Waals surface area contributed by atoms with E-state index in [2.05, 4.69) is 20.6 Å². The number of hydrogen-bond acceptors (Lipinski definition) is 7. The Morgan fingerprint density at radius 2 is 1.77 bits per heavy atom. The maximum Gasteiger partial charge on any atom is 0.433 e. The number of oxazole rings is 1. The third-order valence-electron chi connectivity index (χ3n) is 6.10. The van der Waals surface area contributed by atoms with E-state index < -0.39 is 23.7 Å². The topological polar surface area (TPSA) is 132 Å². The minimum atomic E-state index is -4.66. The first-order valence-electron chi connectivity index (χ1n) is 12.0. The number of carbonyl (C=O) groups excluding carboxylic acids is 2. The average molecular weight is 550 g/mol. The SMILES string of the molecule is COc1ccc(-c2nc(C(=O)NCC(=O)Nc3ccc4ccccc4c3)c(CN)o2)c2ccc(C(F)(F)F)nc12. The molecule has 4 N–H and O–H groups in total. The number of nitrogens with one attached hydrogen (secondary N) is 2. The van der Waals surface area contributed by atoms with E-state index in [4.69, 9.17) is 14.9 Å². The smallest absolute Gasteiger partial charge is 0.433 e. The lowest BCUT2D eigenvalue weighted by Crippen LogP contribution is -2.33. The Labute approximate surface area is 225 Å². The van der Waals surface area contributed by atoms with Crippen LogP contribution in [0.4, 0.5) is 18.9 Å². The number of amides is 2. The van der Waals surface area contributed by atoms with Gasteiger partial charge in [0.2, 0.25) is 11.8 Å². The fourth-order valence-corrected chi connectivity index (χ4v) is 4.20. The molecule has 2 heterocycles. The number of halogens is 3. The molecule has 0 saturated carbocycles. The summed E-state index contributed by atoms with van der Waals surface area (Å²) in [6.45, 7) is -0.545. The molecule has 0 fully saturated rings. The highest BCUT2D eigenvalue weighted by Gasteiger charge is 2.33. The van der Waals surface area contributed by atoms with Gasteiger partial charge in [0.25, 0.3) is 5.91 Å². The van der Waals surface area contributed by atoms with Gasteiger partial charge in [0.15, 0.2) is 11.5 Å². The van der Waals surface area contributed by atoms with Crippen LogP contribution in [0.5, 0.6) is 5.75 Å². The third kappa shape index (κ3) is 5.29. The molecule has 0 aliphatic rings. The summed E-state index contributed by atoms with van der Waals surface area (Å²) in [5.41, 5.74) is 5.30. The highest BCUT2D eigenvalue weighted by atomic mass is 19.4. The molecule has 12 heteroatoms. The Kier molecular flexibility index (Phi) is 7.09. The zero-order valence-electron chi connectivity index (χ0n) is 21.0. The molecule has 0 spiro atoms. The molecule has 5 rings (SSSR count). The average Bonchev–Trinajstić information content (AvgIpc) is 3.39. The molecule has 40 heavy (non-hydrogen) atoms. The maximum atomic E-state index is 13.3. The van der Waals surface area contributed by atoms with Crippen molar-refractivity contribution in [1.29, 1.82) is 0 Å². The number of nitrogens with two attached hydrogens (primary N) is 1. The van der Waals surface area contributed by atoms with Gasteiger partial charge in [0.05, 0.1) is 20.2 Å². The summed E-state index contributed by atoms with van der Waals surface area (Å²) >= 11 is 0. The van der Waals surface area contributed by atoms with Crippen LogP contribution in [0.3, 0.4) is 0 Å². The lowest BCUT2D eigenvalue weighted by atomic mass is 10.1. The van der Waals surface area contributed by atoms with E-state index in [0.717, 1.165) is 16.8 Å². The second kappa shape index (κ2) is 10.7. The fourth-order valence-electron chi connectivity index (χ4n) is 4.20. The quantitative estimate of drug-likeness (QED) is 0.263. The lowest BCUT2D eigenvalue weighted by Gasteiger charge is -2.11. The number of rotatable bonds is 7. The van der Waals surface area contributed by atoms with Crippen LogP contribution in [0.25, 0.3) is 33.1 Å². The Balaban J connectivity index is 1.36. The van der Waals surface area contributed by atoms with Crippen LogP contribution in [-0.2, 0) is 17.5 Å². The van der Waals surface area contributed by atoms with Gasteiger partial charge in [-0.25, -0.2) is 9.97 Å². The monoisotopic (exact) mass is 549 g/mol. The molecule has 5 aromatic rings. The van der Waals surface area contributed by atoms with E-state index in [0.29, 0.717) is 5.69 Å². The number of anilines is 1. The molecule has 0 unspecified atom stereocenters. The zero-order chi connectivity index (χ0) is 28.4. The van der Waals surface area contributed by atoms with Crippen molar-refractivity contribution in [2.45, 2.75) is 12.7 Å². The normalized spacial score (nSPS) is 11.5. The van der Waals surface area contributed by atoms with Crippen molar-refractivity contribution in [2.75, 3.05) is 19.0 Å². The molecule has 0 saturated heterocycles. The highest BCUT2D eigenvalue weighted by Crippen LogP contribution is 2.37. The van der Waals surface area contributed by atoms with Gasteiger partial charge in [-0.3, -0.25) is 9.59 Å². The van der Waals surface area contributed by atoms with Crippen molar-refractivity contribution in [3.8, 4) is 17.2 Å². The van der Waals surface area contributed by atoms with Gasteiger partial charge >= 0.3 is 6.18 Å². The molecule has 3 aromatic carbocycles. The van der Waals surface area contributed by atoms with E-state index in [1.54, 1.807) is 6.07 Å². The molecular formula is C28H22F3N5O4. The molecule has 0 bridgehead atoms. The molecule has 9 nitrogen and oxygen atoms in total. The molecule has 2 aromatic heterocycles. The maximum absolute atomic E-state index is 13.3. The summed E-state index contributed by atoms with van der Waals surface area (Å²) in [6.07, 6.45) is -4.66.